The third kappa shape index (κ3) is 4.87. The van der Waals surface area contributed by atoms with Crippen LogP contribution in [0.2, 0.25) is 0 Å². The fourth-order valence-electron chi connectivity index (χ4n) is 1.49. The first kappa shape index (κ1) is 13.5. The summed E-state index contributed by atoms with van der Waals surface area (Å²) in [4.78, 5) is 4.25. The predicted molar refractivity (Wildman–Crippen MR) is 70.6 cm³/mol. The molecular formula is C13H21N3O. The zero-order valence-corrected chi connectivity index (χ0v) is 10.3. The maximum absolute atomic E-state index is 9.16. The van der Waals surface area contributed by atoms with Crippen molar-refractivity contribution in [2.45, 2.75) is 32.9 Å². The van der Waals surface area contributed by atoms with Gasteiger partial charge < -0.3 is 16.2 Å². The highest BCUT2D eigenvalue weighted by Crippen LogP contribution is 2.09. The van der Waals surface area contributed by atoms with Crippen LogP contribution in [-0.2, 0) is 13.2 Å². The van der Waals surface area contributed by atoms with Gasteiger partial charge in [-0.1, -0.05) is 37.6 Å². The molecule has 0 heterocycles. The number of nitrogens with zero attached hydrogens (tertiary/aromatic N) is 1. The van der Waals surface area contributed by atoms with Crippen molar-refractivity contribution in [3.05, 3.63) is 35.4 Å². The second-order valence-electron chi connectivity index (χ2n) is 3.91. The fourth-order valence-corrected chi connectivity index (χ4v) is 1.49. The van der Waals surface area contributed by atoms with E-state index in [0.717, 1.165) is 30.5 Å². The minimum Gasteiger partial charge on any atom is -0.392 e. The van der Waals surface area contributed by atoms with Crippen LogP contribution in [0.4, 0.5) is 0 Å². The molecule has 0 aromatic heterocycles. The number of unbranched alkanes of at least 4 members (excludes halogenated alkanes) is 1. The van der Waals surface area contributed by atoms with Crippen molar-refractivity contribution in [2.24, 2.45) is 10.7 Å². The molecule has 0 bridgehead atoms. The van der Waals surface area contributed by atoms with Crippen LogP contribution in [0.3, 0.4) is 0 Å². The first-order chi connectivity index (χ1) is 8.27. The average Bonchev–Trinajstić information content (AvgIpc) is 2.37. The SMILES string of the molecule is CCCCNC(N)=NCc1ccccc1CO. The lowest BCUT2D eigenvalue weighted by Gasteiger charge is -2.06. The summed E-state index contributed by atoms with van der Waals surface area (Å²) in [6.45, 7) is 3.52. The van der Waals surface area contributed by atoms with Crippen LogP contribution in [0.1, 0.15) is 30.9 Å². The van der Waals surface area contributed by atoms with E-state index in [1.807, 2.05) is 24.3 Å². The van der Waals surface area contributed by atoms with Gasteiger partial charge in [0.05, 0.1) is 13.2 Å². The maximum Gasteiger partial charge on any atom is 0.188 e. The third-order valence-electron chi connectivity index (χ3n) is 2.54. The molecule has 0 atom stereocenters. The summed E-state index contributed by atoms with van der Waals surface area (Å²) in [5.74, 6) is 0.464. The fraction of sp³-hybridized carbons (Fsp3) is 0.462. The van der Waals surface area contributed by atoms with Crippen molar-refractivity contribution < 1.29 is 5.11 Å². The van der Waals surface area contributed by atoms with Crippen molar-refractivity contribution in [1.29, 1.82) is 0 Å². The molecule has 94 valence electrons. The molecule has 0 unspecified atom stereocenters. The van der Waals surface area contributed by atoms with Crippen LogP contribution >= 0.6 is 0 Å². The molecule has 4 nitrogen and oxygen atoms in total. The van der Waals surface area contributed by atoms with Gasteiger partial charge in [-0.25, -0.2) is 4.99 Å². The van der Waals surface area contributed by atoms with Gasteiger partial charge in [-0.3, -0.25) is 0 Å². The van der Waals surface area contributed by atoms with Gasteiger partial charge >= 0.3 is 0 Å². The van der Waals surface area contributed by atoms with Crippen LogP contribution in [0.25, 0.3) is 0 Å². The molecule has 0 amide bonds. The predicted octanol–water partition coefficient (Wildman–Crippen LogP) is 1.38. The molecule has 0 spiro atoms. The summed E-state index contributed by atoms with van der Waals surface area (Å²) in [5, 5.41) is 12.2. The van der Waals surface area contributed by atoms with E-state index in [-0.39, 0.29) is 6.61 Å². The van der Waals surface area contributed by atoms with Crippen LogP contribution in [-0.4, -0.2) is 17.6 Å². The second kappa shape index (κ2) is 7.68. The van der Waals surface area contributed by atoms with Crippen molar-refractivity contribution in [3.8, 4) is 0 Å². The zero-order valence-electron chi connectivity index (χ0n) is 10.3. The Morgan fingerprint density at radius 3 is 2.71 bits per heavy atom. The van der Waals surface area contributed by atoms with Crippen molar-refractivity contribution in [2.75, 3.05) is 6.54 Å². The van der Waals surface area contributed by atoms with E-state index in [2.05, 4.69) is 17.2 Å². The minimum absolute atomic E-state index is 0.0366. The van der Waals surface area contributed by atoms with Crippen LogP contribution in [0, 0.1) is 0 Å². The van der Waals surface area contributed by atoms with Crippen LogP contribution in [0.5, 0.6) is 0 Å². The quantitative estimate of drug-likeness (QED) is 0.396. The molecule has 0 radical (unpaired) electrons. The first-order valence-corrected chi connectivity index (χ1v) is 5.99. The largest absolute Gasteiger partial charge is 0.392 e. The van der Waals surface area contributed by atoms with E-state index in [0.29, 0.717) is 12.5 Å². The smallest absolute Gasteiger partial charge is 0.188 e. The Morgan fingerprint density at radius 1 is 1.35 bits per heavy atom. The number of aliphatic hydroxyl groups excluding tert-OH is 1. The molecule has 0 fully saturated rings. The number of guanidine groups is 1. The number of nitrogens with two attached hydrogens (primary N) is 1. The van der Waals surface area contributed by atoms with Crippen molar-refractivity contribution in [1.82, 2.24) is 5.32 Å². The number of rotatable bonds is 6. The molecule has 0 aliphatic heterocycles. The molecule has 17 heavy (non-hydrogen) atoms. The topological polar surface area (TPSA) is 70.6 Å². The lowest BCUT2D eigenvalue weighted by Crippen LogP contribution is -2.32. The van der Waals surface area contributed by atoms with E-state index >= 15 is 0 Å². The molecule has 1 aromatic rings. The second-order valence-corrected chi connectivity index (χ2v) is 3.91. The molecule has 1 aromatic carbocycles. The lowest BCUT2D eigenvalue weighted by atomic mass is 10.1. The van der Waals surface area contributed by atoms with Gasteiger partial charge in [0.15, 0.2) is 5.96 Å². The number of nitrogens with one attached hydrogen (secondary N) is 1. The van der Waals surface area contributed by atoms with E-state index < -0.39 is 0 Å². The minimum atomic E-state index is 0.0366. The number of hydrogen-bond acceptors (Lipinski definition) is 2. The Labute approximate surface area is 103 Å². The van der Waals surface area contributed by atoms with E-state index in [4.69, 9.17) is 10.8 Å². The molecule has 0 aliphatic rings. The molecule has 0 aliphatic carbocycles. The Bertz CT molecular complexity index is 363. The van der Waals surface area contributed by atoms with Crippen LogP contribution in [0.15, 0.2) is 29.3 Å². The molecule has 0 saturated carbocycles. The van der Waals surface area contributed by atoms with Gasteiger partial charge in [0, 0.05) is 6.54 Å². The summed E-state index contributed by atoms with van der Waals surface area (Å²) in [5.41, 5.74) is 7.64. The molecule has 1 rings (SSSR count). The Kier molecular flexibility index (Phi) is 6.10. The van der Waals surface area contributed by atoms with Gasteiger partial charge in [-0.15, -0.1) is 0 Å². The normalized spacial score (nSPS) is 11.5. The van der Waals surface area contributed by atoms with Gasteiger partial charge in [0.2, 0.25) is 0 Å². The first-order valence-electron chi connectivity index (χ1n) is 5.99. The summed E-state index contributed by atoms with van der Waals surface area (Å²) in [6, 6.07) is 7.69. The number of aliphatic imine (C=N–C) groups is 1. The highest BCUT2D eigenvalue weighted by atomic mass is 16.3. The average molecular weight is 235 g/mol. The summed E-state index contributed by atoms with van der Waals surface area (Å²) in [6.07, 6.45) is 2.22. The van der Waals surface area contributed by atoms with Crippen LogP contribution < -0.4 is 11.1 Å². The number of hydrogen-bond donors (Lipinski definition) is 3. The lowest BCUT2D eigenvalue weighted by molar-refractivity contribution is 0.280. The Balaban J connectivity index is 2.50. The van der Waals surface area contributed by atoms with Crippen molar-refractivity contribution in [3.63, 3.8) is 0 Å². The Morgan fingerprint density at radius 2 is 2.06 bits per heavy atom. The van der Waals surface area contributed by atoms with E-state index in [1.54, 1.807) is 0 Å². The monoisotopic (exact) mass is 235 g/mol. The van der Waals surface area contributed by atoms with Gasteiger partial charge in [0.25, 0.3) is 0 Å². The standard InChI is InChI=1S/C13H21N3O/c1-2-3-8-15-13(14)16-9-11-6-4-5-7-12(11)10-17/h4-7,17H,2-3,8-10H2,1H3,(H3,14,15,16). The van der Waals surface area contributed by atoms with Gasteiger partial charge in [-0.05, 0) is 17.5 Å². The molecule has 0 saturated heterocycles. The highest BCUT2D eigenvalue weighted by molar-refractivity contribution is 5.77. The summed E-state index contributed by atoms with van der Waals surface area (Å²) >= 11 is 0. The maximum atomic E-state index is 9.16. The third-order valence-corrected chi connectivity index (χ3v) is 2.54. The highest BCUT2D eigenvalue weighted by Gasteiger charge is 1.99. The number of benzene rings is 1. The molecular weight excluding hydrogens is 214 g/mol. The summed E-state index contributed by atoms with van der Waals surface area (Å²) in [7, 11) is 0. The number of aliphatic hydroxyl groups is 1. The zero-order chi connectivity index (χ0) is 12.5. The summed E-state index contributed by atoms with van der Waals surface area (Å²) < 4.78 is 0. The Hall–Kier alpha value is -1.55. The molecule has 4 heteroatoms. The van der Waals surface area contributed by atoms with Gasteiger partial charge in [0.1, 0.15) is 0 Å². The van der Waals surface area contributed by atoms with Crippen molar-refractivity contribution >= 4 is 5.96 Å². The van der Waals surface area contributed by atoms with E-state index in [9.17, 15) is 0 Å². The van der Waals surface area contributed by atoms with Gasteiger partial charge in [-0.2, -0.15) is 0 Å². The van der Waals surface area contributed by atoms with E-state index in [1.165, 1.54) is 0 Å². The molecule has 4 N–H and O–H groups in total.